The van der Waals surface area contributed by atoms with Crippen LogP contribution in [0.15, 0.2) is 0 Å². The van der Waals surface area contributed by atoms with E-state index in [4.69, 9.17) is 5.11 Å². The Kier molecular flexibility index (Phi) is 2.76. The molecule has 0 amide bonds. The minimum Gasteiger partial charge on any atom is -0.391 e. The van der Waals surface area contributed by atoms with E-state index >= 15 is 0 Å². The van der Waals surface area contributed by atoms with Crippen molar-refractivity contribution in [1.29, 1.82) is 0 Å². The van der Waals surface area contributed by atoms with Gasteiger partial charge in [0.2, 0.25) is 0 Å². The van der Waals surface area contributed by atoms with Gasteiger partial charge in [-0.05, 0) is 0 Å². The lowest BCUT2D eigenvalue weighted by Crippen LogP contribution is -2.63. The molecule has 0 aromatic rings. The van der Waals surface area contributed by atoms with Crippen molar-refractivity contribution in [2.24, 2.45) is 0 Å². The van der Waals surface area contributed by atoms with Gasteiger partial charge in [-0.25, -0.2) is 0 Å². The van der Waals surface area contributed by atoms with Crippen molar-refractivity contribution < 1.29 is 14.1 Å². The summed E-state index contributed by atoms with van der Waals surface area (Å²) in [6.45, 7) is 6.11. The second-order valence-electron chi connectivity index (χ2n) is 4.90. The molecule has 0 bridgehead atoms. The van der Waals surface area contributed by atoms with Gasteiger partial charge in [-0.1, -0.05) is 0 Å². The first-order chi connectivity index (χ1) is 5.47. The van der Waals surface area contributed by atoms with E-state index in [0.29, 0.717) is 6.61 Å². The van der Waals surface area contributed by atoms with Crippen LogP contribution >= 0.6 is 0 Å². The lowest BCUT2D eigenvalue weighted by molar-refractivity contribution is -1.01. The first-order valence-electron chi connectivity index (χ1n) is 4.74. The first-order valence-corrected chi connectivity index (χ1v) is 4.74. The molecule has 1 heterocycles. The van der Waals surface area contributed by atoms with E-state index in [2.05, 4.69) is 21.1 Å². The third-order valence-electron chi connectivity index (χ3n) is 3.13. The monoisotopic (exact) mass is 174 g/mol. The number of rotatable bonds is 2. The molecular weight excluding hydrogens is 152 g/mol. The molecule has 0 spiro atoms. The summed E-state index contributed by atoms with van der Waals surface area (Å²) in [4.78, 5) is 0. The number of likely N-dealkylation sites (N-methyl/N-ethyl adjacent to an activating group) is 2. The summed E-state index contributed by atoms with van der Waals surface area (Å²) in [6, 6.07) is 0. The van der Waals surface area contributed by atoms with Crippen molar-refractivity contribution in [1.82, 2.24) is 0 Å². The molecule has 1 rings (SSSR count). The summed E-state index contributed by atoms with van der Waals surface area (Å²) in [5, 5.41) is 8.89. The quantitative estimate of drug-likeness (QED) is 0.560. The van der Waals surface area contributed by atoms with Crippen molar-refractivity contribution >= 4 is 0 Å². The molecule has 0 aliphatic carbocycles. The zero-order valence-electron chi connectivity index (χ0n) is 8.58. The Morgan fingerprint density at radius 3 is 1.92 bits per heavy atom. The average Bonchev–Trinajstić information content (AvgIpc) is 1.98. The lowest BCUT2D eigenvalue weighted by Gasteiger charge is -2.44. The van der Waals surface area contributed by atoms with Crippen LogP contribution in [0.5, 0.6) is 0 Å². The van der Waals surface area contributed by atoms with Gasteiger partial charge in [0.1, 0.15) is 32.7 Å². The van der Waals surface area contributed by atoms with Gasteiger partial charge in [-0.15, -0.1) is 0 Å². The minimum atomic E-state index is 0.323. The van der Waals surface area contributed by atoms with Crippen LogP contribution in [0.2, 0.25) is 0 Å². The summed E-state index contributed by atoms with van der Waals surface area (Å²) in [5.74, 6) is 0. The molecule has 72 valence electrons. The number of hydrogen-bond donors (Lipinski definition) is 1. The van der Waals surface area contributed by atoms with Gasteiger partial charge in [0.25, 0.3) is 0 Å². The molecule has 12 heavy (non-hydrogen) atoms. The molecule has 1 N–H and O–H groups in total. The fourth-order valence-electron chi connectivity index (χ4n) is 1.71. The number of piperazine rings is 1. The van der Waals surface area contributed by atoms with Gasteiger partial charge in [0, 0.05) is 0 Å². The second kappa shape index (κ2) is 3.32. The molecular formula is C9H22N2O+2. The molecule has 0 unspecified atom stereocenters. The van der Waals surface area contributed by atoms with Crippen LogP contribution in [-0.2, 0) is 0 Å². The van der Waals surface area contributed by atoms with E-state index < -0.39 is 0 Å². The number of quaternary nitrogens is 2. The number of aliphatic hydroxyl groups excluding tert-OH is 1. The standard InChI is InChI=1S/C9H22N2O/c1-10(2)4-6-11(3,7-5-10)8-9-12/h12H,4-9H2,1-3H3/q+2. The number of nitrogens with zero attached hydrogens (tertiary/aromatic N) is 2. The summed E-state index contributed by atoms with van der Waals surface area (Å²) in [7, 11) is 6.81. The van der Waals surface area contributed by atoms with Crippen LogP contribution in [0.1, 0.15) is 0 Å². The van der Waals surface area contributed by atoms with E-state index in [1.807, 2.05) is 0 Å². The molecule has 0 radical (unpaired) electrons. The van der Waals surface area contributed by atoms with Crippen LogP contribution in [0.4, 0.5) is 0 Å². The zero-order valence-corrected chi connectivity index (χ0v) is 8.58. The van der Waals surface area contributed by atoms with Crippen LogP contribution in [0.25, 0.3) is 0 Å². The van der Waals surface area contributed by atoms with Gasteiger partial charge in [-0.3, -0.25) is 0 Å². The van der Waals surface area contributed by atoms with Crippen molar-refractivity contribution in [3.63, 3.8) is 0 Å². The second-order valence-corrected chi connectivity index (χ2v) is 4.90. The molecule has 0 atom stereocenters. The summed E-state index contributed by atoms with van der Waals surface area (Å²) >= 11 is 0. The largest absolute Gasteiger partial charge is 0.391 e. The average molecular weight is 174 g/mol. The van der Waals surface area contributed by atoms with Crippen LogP contribution in [0.3, 0.4) is 0 Å². The van der Waals surface area contributed by atoms with Gasteiger partial charge >= 0.3 is 0 Å². The molecule has 1 saturated heterocycles. The predicted molar refractivity (Wildman–Crippen MR) is 49.7 cm³/mol. The van der Waals surface area contributed by atoms with Crippen LogP contribution < -0.4 is 0 Å². The lowest BCUT2D eigenvalue weighted by atomic mass is 10.2. The highest BCUT2D eigenvalue weighted by atomic mass is 16.3. The van der Waals surface area contributed by atoms with Gasteiger partial charge in [0.05, 0.1) is 27.7 Å². The summed E-state index contributed by atoms with van der Waals surface area (Å²) in [5.41, 5.74) is 0. The topological polar surface area (TPSA) is 20.2 Å². The molecule has 0 aromatic heterocycles. The van der Waals surface area contributed by atoms with Crippen molar-refractivity contribution in [2.75, 3.05) is 60.5 Å². The van der Waals surface area contributed by atoms with E-state index in [1.165, 1.54) is 26.2 Å². The van der Waals surface area contributed by atoms with Gasteiger partial charge in [0.15, 0.2) is 0 Å². The maximum absolute atomic E-state index is 8.89. The van der Waals surface area contributed by atoms with Crippen molar-refractivity contribution in [2.45, 2.75) is 0 Å². The molecule has 0 saturated carbocycles. The first kappa shape index (κ1) is 9.96. The molecule has 1 fully saturated rings. The van der Waals surface area contributed by atoms with Gasteiger partial charge < -0.3 is 14.1 Å². The zero-order chi connectivity index (χ0) is 9.24. The highest BCUT2D eigenvalue weighted by molar-refractivity contribution is 4.47. The van der Waals surface area contributed by atoms with Crippen molar-refractivity contribution in [3.05, 3.63) is 0 Å². The fourth-order valence-corrected chi connectivity index (χ4v) is 1.71. The maximum Gasteiger partial charge on any atom is 0.129 e. The molecule has 3 heteroatoms. The van der Waals surface area contributed by atoms with Gasteiger partial charge in [-0.2, -0.15) is 0 Å². The normalized spacial score (nSPS) is 27.0. The van der Waals surface area contributed by atoms with Crippen LogP contribution in [-0.4, -0.2) is 74.5 Å². The third-order valence-corrected chi connectivity index (χ3v) is 3.13. The number of hydrogen-bond acceptors (Lipinski definition) is 1. The summed E-state index contributed by atoms with van der Waals surface area (Å²) < 4.78 is 2.19. The molecule has 3 nitrogen and oxygen atoms in total. The van der Waals surface area contributed by atoms with E-state index in [0.717, 1.165) is 15.5 Å². The Hall–Kier alpha value is -0.120. The summed E-state index contributed by atoms with van der Waals surface area (Å²) in [6.07, 6.45) is 0. The predicted octanol–water partition coefficient (Wildman–Crippen LogP) is -0.485. The molecule has 0 aromatic carbocycles. The fraction of sp³-hybridized carbons (Fsp3) is 1.00. The molecule has 1 aliphatic rings. The number of aliphatic hydroxyl groups is 1. The molecule has 1 aliphatic heterocycles. The third kappa shape index (κ3) is 2.44. The Morgan fingerprint density at radius 2 is 1.50 bits per heavy atom. The minimum absolute atomic E-state index is 0.323. The van der Waals surface area contributed by atoms with E-state index in [1.54, 1.807) is 0 Å². The Morgan fingerprint density at radius 1 is 1.00 bits per heavy atom. The SMILES string of the molecule is C[N+]1(C)CC[N+](C)(CCO)CC1. The highest BCUT2D eigenvalue weighted by Crippen LogP contribution is 2.12. The van der Waals surface area contributed by atoms with Crippen molar-refractivity contribution in [3.8, 4) is 0 Å². The Balaban J connectivity index is 2.44. The Bertz CT molecular complexity index is 147. The van der Waals surface area contributed by atoms with E-state index in [-0.39, 0.29) is 0 Å². The Labute approximate surface area is 75.4 Å². The maximum atomic E-state index is 8.89. The highest BCUT2D eigenvalue weighted by Gasteiger charge is 2.33. The van der Waals surface area contributed by atoms with Crippen LogP contribution in [0, 0.1) is 0 Å². The van der Waals surface area contributed by atoms with E-state index in [9.17, 15) is 0 Å². The smallest absolute Gasteiger partial charge is 0.129 e.